The quantitative estimate of drug-likeness (QED) is 0.389. The van der Waals surface area contributed by atoms with Crippen molar-refractivity contribution in [2.75, 3.05) is 0 Å². The van der Waals surface area contributed by atoms with Crippen LogP contribution in [-0.2, 0) is 11.2 Å². The second-order valence-electron chi connectivity index (χ2n) is 6.78. The van der Waals surface area contributed by atoms with Gasteiger partial charge in [-0.1, -0.05) is 35.9 Å². The van der Waals surface area contributed by atoms with E-state index in [0.717, 1.165) is 17.0 Å². The van der Waals surface area contributed by atoms with E-state index in [1.165, 1.54) is 6.07 Å². The van der Waals surface area contributed by atoms with Gasteiger partial charge in [-0.25, -0.2) is 4.39 Å². The topological polar surface area (TPSA) is 86.2 Å². The summed E-state index contributed by atoms with van der Waals surface area (Å²) in [6.07, 6.45) is 0.245. The highest BCUT2D eigenvalue weighted by Crippen LogP contribution is 2.36. The first-order valence-corrected chi connectivity index (χ1v) is 9.39. The van der Waals surface area contributed by atoms with Crippen LogP contribution >= 0.6 is 11.6 Å². The number of rotatable bonds is 5. The van der Waals surface area contributed by atoms with Gasteiger partial charge in [0.05, 0.1) is 22.7 Å². The number of aromatic amines is 1. The van der Waals surface area contributed by atoms with E-state index in [9.17, 15) is 18.7 Å². The van der Waals surface area contributed by atoms with Crippen molar-refractivity contribution >= 4 is 28.5 Å². The number of phenolic OH excluding ortho intramolecular Hbond substituents is 1. The summed E-state index contributed by atoms with van der Waals surface area (Å²) < 4.78 is 26.9. The van der Waals surface area contributed by atoms with Crippen LogP contribution in [0, 0.1) is 11.6 Å². The van der Waals surface area contributed by atoms with Crippen LogP contribution in [0.3, 0.4) is 0 Å². The molecule has 0 atom stereocenters. The van der Waals surface area contributed by atoms with E-state index < -0.39 is 23.4 Å². The monoisotopic (exact) mass is 428 g/mol. The summed E-state index contributed by atoms with van der Waals surface area (Å²) in [5.41, 5.74) is 3.49. The lowest BCUT2D eigenvalue weighted by molar-refractivity contribution is -0.136. The second-order valence-corrected chi connectivity index (χ2v) is 7.18. The van der Waals surface area contributed by atoms with Gasteiger partial charge in [-0.15, -0.1) is 0 Å². The summed E-state index contributed by atoms with van der Waals surface area (Å²) in [5, 5.41) is 27.1. The van der Waals surface area contributed by atoms with Crippen LogP contribution in [-0.4, -0.2) is 26.4 Å². The highest BCUT2D eigenvalue weighted by atomic mass is 35.5. The van der Waals surface area contributed by atoms with Crippen molar-refractivity contribution in [3.8, 4) is 28.0 Å². The molecule has 30 heavy (non-hydrogen) atoms. The van der Waals surface area contributed by atoms with Gasteiger partial charge >= 0.3 is 5.97 Å². The molecule has 3 N–H and O–H groups in total. The molecule has 0 unspecified atom stereocenters. The van der Waals surface area contributed by atoms with E-state index in [2.05, 4.69) is 10.2 Å². The van der Waals surface area contributed by atoms with Gasteiger partial charge in [-0.2, -0.15) is 9.49 Å². The highest BCUT2D eigenvalue weighted by Gasteiger charge is 2.15. The highest BCUT2D eigenvalue weighted by molar-refractivity contribution is 6.34. The van der Waals surface area contributed by atoms with Crippen LogP contribution in [0.4, 0.5) is 8.78 Å². The third-order valence-electron chi connectivity index (χ3n) is 4.88. The molecule has 3 aromatic carbocycles. The number of fused-ring (bicyclic) bond motifs is 1. The third-order valence-corrected chi connectivity index (χ3v) is 5.19. The Bertz CT molecular complexity index is 1270. The zero-order chi connectivity index (χ0) is 21.4. The molecule has 0 saturated heterocycles. The number of nitrogens with one attached hydrogen (secondary N) is 1. The Labute approximate surface area is 174 Å². The Morgan fingerprint density at radius 2 is 1.70 bits per heavy atom. The number of H-pyrrole nitrogens is 1. The molecule has 0 radical (unpaired) electrons. The molecule has 4 aromatic rings. The molecule has 0 aliphatic rings. The van der Waals surface area contributed by atoms with Crippen molar-refractivity contribution in [3.05, 3.63) is 70.9 Å². The normalized spacial score (nSPS) is 11.2. The molecule has 0 aliphatic carbocycles. The number of phenols is 1. The van der Waals surface area contributed by atoms with Crippen LogP contribution in [0.2, 0.25) is 5.02 Å². The molecule has 5 nitrogen and oxygen atoms in total. The number of aromatic hydroxyl groups is 1. The Kier molecular flexibility index (Phi) is 5.13. The lowest BCUT2D eigenvalue weighted by atomic mass is 9.98. The maximum Gasteiger partial charge on any atom is 0.303 e. The van der Waals surface area contributed by atoms with Crippen LogP contribution < -0.4 is 0 Å². The van der Waals surface area contributed by atoms with Crippen molar-refractivity contribution in [1.29, 1.82) is 0 Å². The SMILES string of the molecule is O=C(O)CCc1n[nH]c2cc(Cl)c(-c3ccc(-c4ccc(F)c(F)c4O)cc3)cc12. The van der Waals surface area contributed by atoms with Gasteiger partial charge in [-0.05, 0) is 35.4 Å². The molecule has 0 fully saturated rings. The number of aromatic nitrogens is 2. The minimum Gasteiger partial charge on any atom is -0.504 e. The van der Waals surface area contributed by atoms with Crippen molar-refractivity contribution in [3.63, 3.8) is 0 Å². The first-order chi connectivity index (χ1) is 14.3. The average molecular weight is 429 g/mol. The summed E-state index contributed by atoms with van der Waals surface area (Å²) in [5.74, 6) is -4.06. The average Bonchev–Trinajstić information content (AvgIpc) is 3.12. The molecule has 0 amide bonds. The molecular weight excluding hydrogens is 414 g/mol. The third kappa shape index (κ3) is 3.59. The summed E-state index contributed by atoms with van der Waals surface area (Å²) in [4.78, 5) is 10.9. The van der Waals surface area contributed by atoms with Crippen LogP contribution in [0.25, 0.3) is 33.2 Å². The number of hydrogen-bond acceptors (Lipinski definition) is 3. The second kappa shape index (κ2) is 7.76. The number of halogens is 3. The van der Waals surface area contributed by atoms with E-state index in [4.69, 9.17) is 16.7 Å². The number of aryl methyl sites for hydroxylation is 1. The van der Waals surface area contributed by atoms with Crippen molar-refractivity contribution in [2.24, 2.45) is 0 Å². The first kappa shape index (κ1) is 19.8. The fraction of sp³-hybridized carbons (Fsp3) is 0.0909. The summed E-state index contributed by atoms with van der Waals surface area (Å²) >= 11 is 6.42. The molecular formula is C22H15ClF2N2O3. The maximum atomic E-state index is 13.7. The van der Waals surface area contributed by atoms with Gasteiger partial charge in [-0.3, -0.25) is 9.89 Å². The predicted octanol–water partition coefficient (Wildman–Crippen LogP) is 5.55. The largest absolute Gasteiger partial charge is 0.504 e. The van der Waals surface area contributed by atoms with E-state index in [1.54, 1.807) is 30.3 Å². The first-order valence-electron chi connectivity index (χ1n) is 9.01. The van der Waals surface area contributed by atoms with Crippen molar-refractivity contribution in [1.82, 2.24) is 10.2 Å². The maximum absolute atomic E-state index is 13.7. The van der Waals surface area contributed by atoms with Crippen molar-refractivity contribution < 1.29 is 23.8 Å². The number of carboxylic acid groups (broad SMARTS) is 1. The molecule has 152 valence electrons. The Morgan fingerprint density at radius 3 is 2.37 bits per heavy atom. The predicted molar refractivity (Wildman–Crippen MR) is 110 cm³/mol. The van der Waals surface area contributed by atoms with Crippen LogP contribution in [0.1, 0.15) is 12.1 Å². The van der Waals surface area contributed by atoms with Gasteiger partial charge < -0.3 is 10.2 Å². The number of benzene rings is 3. The minimum absolute atomic E-state index is 0.0374. The molecule has 0 saturated carbocycles. The zero-order valence-corrected chi connectivity index (χ0v) is 16.2. The number of carboxylic acids is 1. The van der Waals surface area contributed by atoms with Gasteiger partial charge in [0.2, 0.25) is 5.82 Å². The van der Waals surface area contributed by atoms with Gasteiger partial charge in [0.1, 0.15) is 0 Å². The van der Waals surface area contributed by atoms with Crippen LogP contribution in [0.15, 0.2) is 48.5 Å². The summed E-state index contributed by atoms with van der Waals surface area (Å²) in [6.45, 7) is 0. The van der Waals surface area contributed by atoms with Crippen molar-refractivity contribution in [2.45, 2.75) is 12.8 Å². The lowest BCUT2D eigenvalue weighted by Gasteiger charge is -2.09. The molecule has 0 bridgehead atoms. The van der Waals surface area contributed by atoms with Crippen LogP contribution in [0.5, 0.6) is 5.75 Å². The summed E-state index contributed by atoms with van der Waals surface area (Å²) in [6, 6.07) is 12.7. The molecule has 0 aliphatic heterocycles. The lowest BCUT2D eigenvalue weighted by Crippen LogP contribution is -1.98. The number of hydrogen-bond donors (Lipinski definition) is 3. The molecule has 8 heteroatoms. The van der Waals surface area contributed by atoms with E-state index >= 15 is 0 Å². The van der Waals surface area contributed by atoms with E-state index in [0.29, 0.717) is 27.4 Å². The number of nitrogens with zero attached hydrogens (tertiary/aromatic N) is 1. The van der Waals surface area contributed by atoms with E-state index in [-0.39, 0.29) is 18.4 Å². The number of carbonyl (C=O) groups is 1. The van der Waals surface area contributed by atoms with E-state index in [1.807, 2.05) is 6.07 Å². The smallest absolute Gasteiger partial charge is 0.303 e. The molecule has 4 rings (SSSR count). The Balaban J connectivity index is 1.72. The molecule has 1 heterocycles. The zero-order valence-electron chi connectivity index (χ0n) is 15.4. The number of aliphatic carboxylic acids is 1. The summed E-state index contributed by atoms with van der Waals surface area (Å²) in [7, 11) is 0. The minimum atomic E-state index is -1.29. The van der Waals surface area contributed by atoms with Gasteiger partial charge in [0, 0.05) is 22.9 Å². The van der Waals surface area contributed by atoms with Gasteiger partial charge in [0.15, 0.2) is 11.6 Å². The Morgan fingerprint density at radius 1 is 1.03 bits per heavy atom. The fourth-order valence-corrected chi connectivity index (χ4v) is 3.60. The molecule has 0 spiro atoms. The standard InChI is InChI=1S/C22H15ClF2N2O3/c23-16-10-19-15(18(26-27-19)7-8-20(28)29)9-14(16)12-3-1-11(2-4-12)13-5-6-17(24)21(25)22(13)30/h1-6,9-10,30H,7-8H2,(H,26,27)(H,28,29). The fourth-order valence-electron chi connectivity index (χ4n) is 3.33. The molecule has 1 aromatic heterocycles. The van der Waals surface area contributed by atoms with Gasteiger partial charge in [0.25, 0.3) is 0 Å². The Hall–Kier alpha value is -3.45.